The molecule has 0 amide bonds. The van der Waals surface area contributed by atoms with Gasteiger partial charge in [0.05, 0.1) is 6.04 Å². The fraction of sp³-hybridized carbons (Fsp3) is 0.450. The van der Waals surface area contributed by atoms with E-state index in [0.717, 1.165) is 6.42 Å². The standard InChI is InChI=1S/C20H26N2/c1-4-9-16(5-2)20-21-18-12-6-7-13-19(18)22(20)17-11-8-10-15(3)14-17/h4-5,8-11,14,19-20H,6-7,12-13H2,1-3H3/b9-4-,16-5+. The maximum atomic E-state index is 5.11. The first kappa shape index (κ1) is 15.1. The molecule has 0 saturated heterocycles. The van der Waals surface area contributed by atoms with E-state index in [-0.39, 0.29) is 6.17 Å². The summed E-state index contributed by atoms with van der Waals surface area (Å²) in [5, 5.41) is 0. The minimum Gasteiger partial charge on any atom is -0.338 e. The first-order valence-corrected chi connectivity index (χ1v) is 8.45. The Balaban J connectivity index is 2.03. The number of nitrogens with zero attached hydrogens (tertiary/aromatic N) is 2. The fourth-order valence-electron chi connectivity index (χ4n) is 3.69. The van der Waals surface area contributed by atoms with Crippen LogP contribution in [-0.2, 0) is 0 Å². The highest BCUT2D eigenvalue weighted by Gasteiger charge is 2.38. The van der Waals surface area contributed by atoms with Crippen LogP contribution in [0.1, 0.15) is 45.1 Å². The van der Waals surface area contributed by atoms with Crippen molar-refractivity contribution in [2.45, 2.75) is 58.7 Å². The first-order valence-electron chi connectivity index (χ1n) is 8.45. The van der Waals surface area contributed by atoms with Crippen molar-refractivity contribution in [2.24, 2.45) is 4.99 Å². The molecular weight excluding hydrogens is 268 g/mol. The van der Waals surface area contributed by atoms with Gasteiger partial charge in [0.25, 0.3) is 0 Å². The van der Waals surface area contributed by atoms with Crippen LogP contribution in [0.2, 0.25) is 0 Å². The first-order chi connectivity index (χ1) is 10.7. The summed E-state index contributed by atoms with van der Waals surface area (Å²) in [6, 6.07) is 9.34. The molecule has 2 aliphatic rings. The SMILES string of the molecule is C/C=C\C(=C/C)C1N=C2CCCCC2N1c1cccc(C)c1. The lowest BCUT2D eigenvalue weighted by Crippen LogP contribution is -2.42. The quantitative estimate of drug-likeness (QED) is 0.712. The zero-order valence-electron chi connectivity index (χ0n) is 13.9. The van der Waals surface area contributed by atoms with E-state index in [4.69, 9.17) is 4.99 Å². The predicted octanol–water partition coefficient (Wildman–Crippen LogP) is 5.05. The van der Waals surface area contributed by atoms with Gasteiger partial charge in [-0.05, 0) is 63.3 Å². The third-order valence-electron chi connectivity index (χ3n) is 4.72. The zero-order valence-corrected chi connectivity index (χ0v) is 13.9. The Morgan fingerprint density at radius 1 is 1.27 bits per heavy atom. The minimum atomic E-state index is 0.140. The third-order valence-corrected chi connectivity index (χ3v) is 4.72. The van der Waals surface area contributed by atoms with Crippen molar-refractivity contribution < 1.29 is 0 Å². The number of aryl methyl sites for hydroxylation is 1. The molecule has 1 fully saturated rings. The van der Waals surface area contributed by atoms with Crippen LogP contribution in [0.4, 0.5) is 5.69 Å². The number of hydrogen-bond donors (Lipinski definition) is 0. The summed E-state index contributed by atoms with van der Waals surface area (Å²) in [6.07, 6.45) is 11.7. The van der Waals surface area contributed by atoms with Crippen LogP contribution in [0, 0.1) is 6.92 Å². The molecule has 2 nitrogen and oxygen atoms in total. The molecular formula is C20H26N2. The van der Waals surface area contributed by atoms with Gasteiger partial charge in [-0.3, -0.25) is 4.99 Å². The lowest BCUT2D eigenvalue weighted by Gasteiger charge is -2.34. The van der Waals surface area contributed by atoms with Gasteiger partial charge in [-0.25, -0.2) is 0 Å². The zero-order chi connectivity index (χ0) is 15.5. The van der Waals surface area contributed by atoms with Crippen LogP contribution in [0.15, 0.2) is 53.1 Å². The van der Waals surface area contributed by atoms with E-state index in [1.54, 1.807) is 0 Å². The highest BCUT2D eigenvalue weighted by Crippen LogP contribution is 2.36. The van der Waals surface area contributed by atoms with Gasteiger partial charge in [-0.2, -0.15) is 0 Å². The van der Waals surface area contributed by atoms with Gasteiger partial charge in [0.2, 0.25) is 0 Å². The molecule has 1 aliphatic carbocycles. The smallest absolute Gasteiger partial charge is 0.147 e. The minimum absolute atomic E-state index is 0.140. The number of benzene rings is 1. The van der Waals surface area contributed by atoms with E-state index in [1.807, 2.05) is 0 Å². The maximum absolute atomic E-state index is 5.11. The molecule has 1 saturated carbocycles. The van der Waals surface area contributed by atoms with Crippen molar-refractivity contribution in [2.75, 3.05) is 4.90 Å². The second-order valence-corrected chi connectivity index (χ2v) is 6.29. The molecule has 2 unspecified atom stereocenters. The van der Waals surface area contributed by atoms with Crippen LogP contribution in [0.25, 0.3) is 0 Å². The molecule has 0 radical (unpaired) electrons. The average Bonchev–Trinajstić information content (AvgIpc) is 2.91. The number of aliphatic imine (C=N–C) groups is 1. The Morgan fingerprint density at radius 3 is 2.86 bits per heavy atom. The van der Waals surface area contributed by atoms with E-state index in [9.17, 15) is 0 Å². The molecule has 0 bridgehead atoms. The second-order valence-electron chi connectivity index (χ2n) is 6.29. The normalized spacial score (nSPS) is 25.5. The Morgan fingerprint density at radius 2 is 2.14 bits per heavy atom. The monoisotopic (exact) mass is 294 g/mol. The summed E-state index contributed by atoms with van der Waals surface area (Å²) in [5.41, 5.74) is 5.32. The highest BCUT2D eigenvalue weighted by atomic mass is 15.3. The van der Waals surface area contributed by atoms with Gasteiger partial charge < -0.3 is 4.90 Å². The van der Waals surface area contributed by atoms with Crippen molar-refractivity contribution >= 4 is 11.4 Å². The van der Waals surface area contributed by atoms with Crippen molar-refractivity contribution in [3.8, 4) is 0 Å². The van der Waals surface area contributed by atoms with Crippen LogP contribution < -0.4 is 4.90 Å². The summed E-state index contributed by atoms with van der Waals surface area (Å²) >= 11 is 0. The van der Waals surface area contributed by atoms with Crippen LogP contribution in [0.3, 0.4) is 0 Å². The van der Waals surface area contributed by atoms with Crippen molar-refractivity contribution in [3.63, 3.8) is 0 Å². The Hall–Kier alpha value is -1.83. The lowest BCUT2D eigenvalue weighted by molar-refractivity contribution is 0.577. The molecule has 1 aromatic rings. The fourth-order valence-corrected chi connectivity index (χ4v) is 3.69. The molecule has 0 aromatic heterocycles. The molecule has 1 aromatic carbocycles. The Labute approximate surface area is 134 Å². The van der Waals surface area contributed by atoms with Gasteiger partial charge >= 0.3 is 0 Å². The van der Waals surface area contributed by atoms with Crippen molar-refractivity contribution in [1.29, 1.82) is 0 Å². The summed E-state index contributed by atoms with van der Waals surface area (Å²) in [5.74, 6) is 0. The van der Waals surface area contributed by atoms with E-state index >= 15 is 0 Å². The molecule has 22 heavy (non-hydrogen) atoms. The van der Waals surface area contributed by atoms with E-state index in [0.29, 0.717) is 6.04 Å². The molecule has 0 N–H and O–H groups in total. The lowest BCUT2D eigenvalue weighted by atomic mass is 9.92. The van der Waals surface area contributed by atoms with Gasteiger partial charge in [0, 0.05) is 11.4 Å². The molecule has 3 rings (SSSR count). The summed E-state index contributed by atoms with van der Waals surface area (Å²) < 4.78 is 0. The summed E-state index contributed by atoms with van der Waals surface area (Å²) in [7, 11) is 0. The summed E-state index contributed by atoms with van der Waals surface area (Å²) in [6.45, 7) is 6.36. The summed E-state index contributed by atoms with van der Waals surface area (Å²) in [4.78, 5) is 7.65. The van der Waals surface area contributed by atoms with Gasteiger partial charge in [-0.1, -0.05) is 36.8 Å². The number of allylic oxidation sites excluding steroid dienone is 2. The van der Waals surface area contributed by atoms with Crippen molar-refractivity contribution in [1.82, 2.24) is 0 Å². The Kier molecular flexibility index (Phi) is 4.47. The van der Waals surface area contributed by atoms with Gasteiger partial charge in [-0.15, -0.1) is 0 Å². The topological polar surface area (TPSA) is 15.6 Å². The third kappa shape index (κ3) is 2.75. The Bertz CT molecular complexity index is 624. The number of rotatable bonds is 3. The largest absolute Gasteiger partial charge is 0.338 e. The second kappa shape index (κ2) is 6.51. The van der Waals surface area contributed by atoms with E-state index in [2.05, 4.69) is 68.2 Å². The van der Waals surface area contributed by atoms with Crippen LogP contribution >= 0.6 is 0 Å². The molecule has 1 aliphatic heterocycles. The van der Waals surface area contributed by atoms with Crippen LogP contribution in [-0.4, -0.2) is 17.9 Å². The van der Waals surface area contributed by atoms with Gasteiger partial charge in [0.1, 0.15) is 6.17 Å². The van der Waals surface area contributed by atoms with E-state index < -0.39 is 0 Å². The van der Waals surface area contributed by atoms with E-state index in [1.165, 1.54) is 41.8 Å². The van der Waals surface area contributed by atoms with Crippen molar-refractivity contribution in [3.05, 3.63) is 53.6 Å². The molecule has 1 heterocycles. The van der Waals surface area contributed by atoms with Crippen LogP contribution in [0.5, 0.6) is 0 Å². The van der Waals surface area contributed by atoms with Gasteiger partial charge in [0.15, 0.2) is 0 Å². The molecule has 2 heteroatoms. The molecule has 2 atom stereocenters. The number of anilines is 1. The predicted molar refractivity (Wildman–Crippen MR) is 95.7 cm³/mol. The number of fused-ring (bicyclic) bond motifs is 1. The molecule has 0 spiro atoms. The number of hydrogen-bond acceptors (Lipinski definition) is 2. The maximum Gasteiger partial charge on any atom is 0.147 e. The molecule has 116 valence electrons. The highest BCUT2D eigenvalue weighted by molar-refractivity contribution is 5.96. The average molecular weight is 294 g/mol.